The number of ether oxygens (including phenoxy) is 1. The molecule has 8 heteroatoms. The molecule has 0 aliphatic carbocycles. The van der Waals surface area contributed by atoms with Gasteiger partial charge in [0.1, 0.15) is 12.1 Å². The first-order valence-corrected chi connectivity index (χ1v) is 5.92. The van der Waals surface area contributed by atoms with E-state index >= 15 is 0 Å². The SMILES string of the molecule is CC1Oc2ccc(NC(=O)c3ncn[nH]3)cc2NC1=O. The molecule has 1 aromatic heterocycles. The van der Waals surface area contributed by atoms with Gasteiger partial charge in [0, 0.05) is 5.69 Å². The predicted octanol–water partition coefficient (Wildman–Crippen LogP) is 0.776. The van der Waals surface area contributed by atoms with Gasteiger partial charge >= 0.3 is 0 Å². The Morgan fingerprint density at radius 1 is 1.45 bits per heavy atom. The molecule has 1 unspecified atom stereocenters. The van der Waals surface area contributed by atoms with Crippen molar-refractivity contribution in [2.45, 2.75) is 13.0 Å². The Morgan fingerprint density at radius 3 is 3.05 bits per heavy atom. The van der Waals surface area contributed by atoms with Gasteiger partial charge in [-0.2, -0.15) is 5.10 Å². The van der Waals surface area contributed by atoms with Crippen molar-refractivity contribution in [1.82, 2.24) is 15.2 Å². The Hall–Kier alpha value is -2.90. The molecule has 102 valence electrons. The fourth-order valence-corrected chi connectivity index (χ4v) is 1.79. The Bertz CT molecular complexity index is 668. The van der Waals surface area contributed by atoms with Crippen molar-refractivity contribution in [3.05, 3.63) is 30.4 Å². The van der Waals surface area contributed by atoms with Crippen LogP contribution in [0.1, 0.15) is 17.5 Å². The number of anilines is 2. The number of hydrogen-bond acceptors (Lipinski definition) is 5. The molecule has 1 aliphatic heterocycles. The van der Waals surface area contributed by atoms with E-state index in [1.54, 1.807) is 25.1 Å². The Morgan fingerprint density at radius 2 is 2.30 bits per heavy atom. The number of carbonyl (C=O) groups excluding carboxylic acids is 2. The number of fused-ring (bicyclic) bond motifs is 1. The average Bonchev–Trinajstić information content (AvgIpc) is 2.94. The minimum atomic E-state index is -0.530. The average molecular weight is 273 g/mol. The predicted molar refractivity (Wildman–Crippen MR) is 69.5 cm³/mol. The number of nitrogens with zero attached hydrogens (tertiary/aromatic N) is 2. The summed E-state index contributed by atoms with van der Waals surface area (Å²) in [6, 6.07) is 4.98. The smallest absolute Gasteiger partial charge is 0.292 e. The molecule has 1 atom stereocenters. The lowest BCUT2D eigenvalue weighted by Gasteiger charge is -2.23. The third kappa shape index (κ3) is 2.18. The number of aromatic nitrogens is 3. The highest BCUT2D eigenvalue weighted by atomic mass is 16.5. The third-order valence-electron chi connectivity index (χ3n) is 2.80. The molecule has 2 aromatic rings. The molecule has 0 fully saturated rings. The fraction of sp³-hybridized carbons (Fsp3) is 0.167. The van der Waals surface area contributed by atoms with Gasteiger partial charge in [-0.1, -0.05) is 0 Å². The first-order chi connectivity index (χ1) is 9.63. The van der Waals surface area contributed by atoms with Crippen LogP contribution in [0.15, 0.2) is 24.5 Å². The summed E-state index contributed by atoms with van der Waals surface area (Å²) in [4.78, 5) is 27.1. The van der Waals surface area contributed by atoms with Gasteiger partial charge in [-0.15, -0.1) is 0 Å². The summed E-state index contributed by atoms with van der Waals surface area (Å²) in [5.74, 6) is 0.0291. The van der Waals surface area contributed by atoms with E-state index in [2.05, 4.69) is 25.8 Å². The van der Waals surface area contributed by atoms with E-state index in [0.29, 0.717) is 17.1 Å². The van der Waals surface area contributed by atoms with Crippen molar-refractivity contribution in [1.29, 1.82) is 0 Å². The van der Waals surface area contributed by atoms with Crippen LogP contribution in [0.4, 0.5) is 11.4 Å². The van der Waals surface area contributed by atoms with Gasteiger partial charge in [-0.3, -0.25) is 14.7 Å². The van der Waals surface area contributed by atoms with Gasteiger partial charge in [0.25, 0.3) is 11.8 Å². The topological polar surface area (TPSA) is 109 Å². The van der Waals surface area contributed by atoms with Crippen molar-refractivity contribution >= 4 is 23.2 Å². The van der Waals surface area contributed by atoms with Crippen LogP contribution >= 0.6 is 0 Å². The highest BCUT2D eigenvalue weighted by Gasteiger charge is 2.23. The second-order valence-corrected chi connectivity index (χ2v) is 4.25. The molecular formula is C12H11N5O3. The lowest BCUT2D eigenvalue weighted by atomic mass is 10.2. The summed E-state index contributed by atoms with van der Waals surface area (Å²) in [5, 5.41) is 11.4. The second-order valence-electron chi connectivity index (χ2n) is 4.25. The minimum absolute atomic E-state index is 0.108. The standard InChI is InChI=1S/C12H11N5O3/c1-6-11(18)16-8-4-7(2-3-9(8)20-6)15-12(19)10-13-5-14-17-10/h2-6H,1H3,(H,15,19)(H,16,18)(H,13,14,17). The lowest BCUT2D eigenvalue weighted by molar-refractivity contribution is -0.122. The largest absolute Gasteiger partial charge is 0.479 e. The molecule has 2 amide bonds. The monoisotopic (exact) mass is 273 g/mol. The molecule has 1 aliphatic rings. The van der Waals surface area contributed by atoms with Crippen LogP contribution in [-0.4, -0.2) is 33.1 Å². The summed E-state index contributed by atoms with van der Waals surface area (Å²) in [6.45, 7) is 1.66. The van der Waals surface area contributed by atoms with Crippen LogP contribution in [0.5, 0.6) is 5.75 Å². The van der Waals surface area contributed by atoms with Gasteiger partial charge in [0.15, 0.2) is 6.10 Å². The normalized spacial score (nSPS) is 16.9. The molecule has 0 saturated heterocycles. The van der Waals surface area contributed by atoms with Crippen molar-refractivity contribution in [3.63, 3.8) is 0 Å². The highest BCUT2D eigenvalue weighted by molar-refractivity contribution is 6.03. The molecule has 3 N–H and O–H groups in total. The van der Waals surface area contributed by atoms with Gasteiger partial charge in [-0.05, 0) is 25.1 Å². The van der Waals surface area contributed by atoms with Crippen LogP contribution in [0.3, 0.4) is 0 Å². The number of H-pyrrole nitrogens is 1. The van der Waals surface area contributed by atoms with Crippen LogP contribution in [0.2, 0.25) is 0 Å². The molecule has 0 bridgehead atoms. The Kier molecular flexibility index (Phi) is 2.82. The maximum absolute atomic E-state index is 11.8. The van der Waals surface area contributed by atoms with E-state index in [9.17, 15) is 9.59 Å². The van der Waals surface area contributed by atoms with Gasteiger partial charge in [0.05, 0.1) is 5.69 Å². The second kappa shape index (κ2) is 4.65. The van der Waals surface area contributed by atoms with E-state index in [1.807, 2.05) is 0 Å². The maximum Gasteiger partial charge on any atom is 0.292 e. The molecule has 0 spiro atoms. The van der Waals surface area contributed by atoms with E-state index in [-0.39, 0.29) is 11.7 Å². The van der Waals surface area contributed by atoms with Gasteiger partial charge in [0.2, 0.25) is 5.82 Å². The summed E-state index contributed by atoms with van der Waals surface area (Å²) in [7, 11) is 0. The Balaban J connectivity index is 1.81. The molecule has 8 nitrogen and oxygen atoms in total. The van der Waals surface area contributed by atoms with Crippen LogP contribution in [0, 0.1) is 0 Å². The van der Waals surface area contributed by atoms with Crippen molar-refractivity contribution in [2.75, 3.05) is 10.6 Å². The van der Waals surface area contributed by atoms with Crippen molar-refractivity contribution < 1.29 is 14.3 Å². The number of carbonyl (C=O) groups is 2. The van der Waals surface area contributed by atoms with E-state index in [1.165, 1.54) is 6.33 Å². The number of rotatable bonds is 2. The summed E-state index contributed by atoms with van der Waals surface area (Å²) < 4.78 is 5.42. The third-order valence-corrected chi connectivity index (χ3v) is 2.80. The van der Waals surface area contributed by atoms with Crippen molar-refractivity contribution in [3.8, 4) is 5.75 Å². The summed E-state index contributed by atoms with van der Waals surface area (Å²) >= 11 is 0. The van der Waals surface area contributed by atoms with Crippen LogP contribution in [-0.2, 0) is 4.79 Å². The number of aromatic amines is 1. The molecule has 0 radical (unpaired) electrons. The molecule has 2 heterocycles. The zero-order valence-electron chi connectivity index (χ0n) is 10.5. The molecule has 1 aromatic carbocycles. The number of amides is 2. The first kappa shape index (κ1) is 12.2. The molecule has 0 saturated carbocycles. The fourth-order valence-electron chi connectivity index (χ4n) is 1.79. The lowest BCUT2D eigenvalue weighted by Crippen LogP contribution is -2.34. The van der Waals surface area contributed by atoms with E-state index < -0.39 is 12.0 Å². The number of benzene rings is 1. The quantitative estimate of drug-likeness (QED) is 0.749. The van der Waals surface area contributed by atoms with Gasteiger partial charge < -0.3 is 15.4 Å². The zero-order valence-corrected chi connectivity index (χ0v) is 10.5. The van der Waals surface area contributed by atoms with Gasteiger partial charge in [-0.25, -0.2) is 4.98 Å². The highest BCUT2D eigenvalue weighted by Crippen LogP contribution is 2.32. The minimum Gasteiger partial charge on any atom is -0.479 e. The summed E-state index contributed by atoms with van der Waals surface area (Å²) in [6.07, 6.45) is 0.717. The molecule has 3 rings (SSSR count). The van der Waals surface area contributed by atoms with E-state index in [0.717, 1.165) is 0 Å². The number of nitrogens with one attached hydrogen (secondary N) is 3. The number of hydrogen-bond donors (Lipinski definition) is 3. The maximum atomic E-state index is 11.8. The zero-order chi connectivity index (χ0) is 14.1. The molecule has 20 heavy (non-hydrogen) atoms. The van der Waals surface area contributed by atoms with Crippen LogP contribution in [0.25, 0.3) is 0 Å². The molecular weight excluding hydrogens is 262 g/mol. The Labute approximate surface area is 113 Å². The van der Waals surface area contributed by atoms with E-state index in [4.69, 9.17) is 4.74 Å². The van der Waals surface area contributed by atoms with Crippen LogP contribution < -0.4 is 15.4 Å². The first-order valence-electron chi connectivity index (χ1n) is 5.92. The van der Waals surface area contributed by atoms with Crippen molar-refractivity contribution in [2.24, 2.45) is 0 Å². The summed E-state index contributed by atoms with van der Waals surface area (Å²) in [5.41, 5.74) is 1.03.